The molecule has 0 aromatic carbocycles. The monoisotopic (exact) mass is 269 g/mol. The average Bonchev–Trinajstić information content (AvgIpc) is 2.59. The number of hydrogen-bond donors (Lipinski definition) is 2. The number of hydrogen-bond acceptors (Lipinski definition) is 4. The highest BCUT2D eigenvalue weighted by Crippen LogP contribution is 2.21. The first-order valence-electron chi connectivity index (χ1n) is 5.68. The Morgan fingerprint density at radius 1 is 1.56 bits per heavy atom. The Balaban J connectivity index is 2.45. The van der Waals surface area contributed by atoms with Crippen LogP contribution >= 0.6 is 11.6 Å². The van der Waals surface area contributed by atoms with E-state index in [1.54, 1.807) is 13.0 Å². The fourth-order valence-electron chi connectivity index (χ4n) is 1.59. The van der Waals surface area contributed by atoms with Crippen molar-refractivity contribution in [1.82, 2.24) is 19.6 Å². The summed E-state index contributed by atoms with van der Waals surface area (Å²) in [6, 6.07) is 1.71. The van der Waals surface area contributed by atoms with Crippen LogP contribution in [0.5, 0.6) is 0 Å². The summed E-state index contributed by atoms with van der Waals surface area (Å²) >= 11 is 6.11. The number of nitrogens with zero attached hydrogens (tertiary/aromatic N) is 3. The van der Waals surface area contributed by atoms with Gasteiger partial charge in [-0.1, -0.05) is 0 Å². The molecule has 0 bridgehead atoms. The Hall–Kier alpha value is -1.56. The number of aromatic amines is 1. The van der Waals surface area contributed by atoms with E-state index in [0.717, 1.165) is 0 Å². The minimum Gasteiger partial charge on any atom is -0.364 e. The molecule has 0 amide bonds. The lowest BCUT2D eigenvalue weighted by Gasteiger charge is -2.29. The molecule has 2 aromatic heterocycles. The minimum atomic E-state index is -0.310. The van der Waals surface area contributed by atoms with Crippen LogP contribution in [0.15, 0.2) is 10.9 Å². The second-order valence-corrected chi connectivity index (χ2v) is 5.53. The van der Waals surface area contributed by atoms with E-state index < -0.39 is 0 Å². The molecule has 0 fully saturated rings. The van der Waals surface area contributed by atoms with Crippen LogP contribution in [0.3, 0.4) is 0 Å². The molecular weight excluding hydrogens is 254 g/mol. The SMILES string of the molecule is Cc1nc(NC(C)(C)C(C)Cl)cc2n[nH]c(=O)n12. The number of halogens is 1. The quantitative estimate of drug-likeness (QED) is 0.829. The summed E-state index contributed by atoms with van der Waals surface area (Å²) in [6.07, 6.45) is 0. The first-order chi connectivity index (χ1) is 8.31. The molecular formula is C11H16ClN5O. The number of H-pyrrole nitrogens is 1. The second kappa shape index (κ2) is 4.28. The van der Waals surface area contributed by atoms with Crippen molar-refractivity contribution in [3.63, 3.8) is 0 Å². The number of fused-ring (bicyclic) bond motifs is 1. The molecule has 18 heavy (non-hydrogen) atoms. The van der Waals surface area contributed by atoms with Gasteiger partial charge in [0, 0.05) is 11.6 Å². The highest BCUT2D eigenvalue weighted by Gasteiger charge is 2.24. The van der Waals surface area contributed by atoms with Gasteiger partial charge in [0.1, 0.15) is 11.6 Å². The molecule has 0 saturated heterocycles. The maximum atomic E-state index is 11.5. The highest BCUT2D eigenvalue weighted by atomic mass is 35.5. The largest absolute Gasteiger partial charge is 0.364 e. The van der Waals surface area contributed by atoms with Crippen molar-refractivity contribution in [2.45, 2.75) is 38.6 Å². The molecule has 0 aliphatic heterocycles. The van der Waals surface area contributed by atoms with E-state index in [4.69, 9.17) is 11.6 Å². The predicted octanol–water partition coefficient (Wildman–Crippen LogP) is 1.54. The zero-order chi connectivity index (χ0) is 13.5. The summed E-state index contributed by atoms with van der Waals surface area (Å²) < 4.78 is 1.42. The minimum absolute atomic E-state index is 0.0720. The standard InChI is InChI=1S/C11H16ClN5O/c1-6(12)11(3,4)14-8-5-9-15-16-10(18)17(9)7(2)13-8/h5-6,14H,1-4H3,(H,16,18). The van der Waals surface area contributed by atoms with Gasteiger partial charge >= 0.3 is 5.69 Å². The number of rotatable bonds is 3. The molecule has 0 saturated carbocycles. The van der Waals surface area contributed by atoms with Crippen molar-refractivity contribution in [2.75, 3.05) is 5.32 Å². The normalized spacial score (nSPS) is 13.8. The van der Waals surface area contributed by atoms with E-state index in [-0.39, 0.29) is 16.6 Å². The van der Waals surface area contributed by atoms with Crippen LogP contribution in [0.25, 0.3) is 5.65 Å². The molecule has 1 atom stereocenters. The van der Waals surface area contributed by atoms with Gasteiger partial charge in [0.15, 0.2) is 5.65 Å². The molecule has 6 nitrogen and oxygen atoms in total. The van der Waals surface area contributed by atoms with Crippen LogP contribution in [0.1, 0.15) is 26.6 Å². The van der Waals surface area contributed by atoms with Gasteiger partial charge in [-0.2, -0.15) is 5.10 Å². The van der Waals surface area contributed by atoms with Crippen LogP contribution in [-0.2, 0) is 0 Å². The van der Waals surface area contributed by atoms with Gasteiger partial charge < -0.3 is 5.32 Å². The average molecular weight is 270 g/mol. The Morgan fingerprint density at radius 2 is 2.22 bits per heavy atom. The van der Waals surface area contributed by atoms with Gasteiger partial charge in [-0.3, -0.25) is 0 Å². The van der Waals surface area contributed by atoms with Gasteiger partial charge in [-0.15, -0.1) is 11.6 Å². The van der Waals surface area contributed by atoms with E-state index in [1.165, 1.54) is 4.40 Å². The predicted molar refractivity (Wildman–Crippen MR) is 71.4 cm³/mol. The maximum Gasteiger partial charge on any atom is 0.349 e. The van der Waals surface area contributed by atoms with Gasteiger partial charge in [-0.25, -0.2) is 19.3 Å². The summed E-state index contributed by atoms with van der Waals surface area (Å²) in [5.74, 6) is 1.23. The summed E-state index contributed by atoms with van der Waals surface area (Å²) in [6.45, 7) is 7.65. The topological polar surface area (TPSA) is 75.1 Å². The van der Waals surface area contributed by atoms with Crippen molar-refractivity contribution in [3.05, 3.63) is 22.4 Å². The van der Waals surface area contributed by atoms with Gasteiger partial charge in [0.2, 0.25) is 0 Å². The number of anilines is 1. The number of aromatic nitrogens is 4. The van der Waals surface area contributed by atoms with E-state index >= 15 is 0 Å². The third-order valence-electron chi connectivity index (χ3n) is 3.01. The molecule has 98 valence electrons. The summed E-state index contributed by atoms with van der Waals surface area (Å²) in [7, 11) is 0. The smallest absolute Gasteiger partial charge is 0.349 e. The Labute approximate surface area is 109 Å². The van der Waals surface area contributed by atoms with Crippen molar-refractivity contribution >= 4 is 23.1 Å². The molecule has 0 aliphatic rings. The van der Waals surface area contributed by atoms with Crippen molar-refractivity contribution < 1.29 is 0 Å². The molecule has 1 unspecified atom stereocenters. The van der Waals surface area contributed by atoms with Crippen molar-refractivity contribution in [1.29, 1.82) is 0 Å². The van der Waals surface area contributed by atoms with Gasteiger partial charge in [-0.05, 0) is 27.7 Å². The maximum absolute atomic E-state index is 11.5. The fraction of sp³-hybridized carbons (Fsp3) is 0.545. The molecule has 2 heterocycles. The van der Waals surface area contributed by atoms with E-state index in [1.807, 2.05) is 20.8 Å². The van der Waals surface area contributed by atoms with Crippen LogP contribution in [0.2, 0.25) is 0 Å². The lowest BCUT2D eigenvalue weighted by Crippen LogP contribution is -2.39. The molecule has 0 aliphatic carbocycles. The lowest BCUT2D eigenvalue weighted by atomic mass is 10.0. The first kappa shape index (κ1) is 12.9. The molecule has 2 rings (SSSR count). The summed E-state index contributed by atoms with van der Waals surface area (Å²) in [5.41, 5.74) is -0.0600. The zero-order valence-corrected chi connectivity index (χ0v) is 11.5. The number of aryl methyl sites for hydroxylation is 1. The molecule has 7 heteroatoms. The molecule has 2 N–H and O–H groups in total. The highest BCUT2D eigenvalue weighted by molar-refractivity contribution is 6.21. The Bertz CT molecular complexity index is 628. The van der Waals surface area contributed by atoms with Crippen molar-refractivity contribution in [2.24, 2.45) is 0 Å². The fourth-order valence-corrected chi connectivity index (χ4v) is 1.65. The van der Waals surface area contributed by atoms with E-state index in [9.17, 15) is 4.79 Å². The lowest BCUT2D eigenvalue weighted by molar-refractivity contribution is 0.552. The van der Waals surface area contributed by atoms with Gasteiger partial charge in [0.05, 0.1) is 5.38 Å². The van der Waals surface area contributed by atoms with Gasteiger partial charge in [0.25, 0.3) is 0 Å². The third-order valence-corrected chi connectivity index (χ3v) is 3.56. The van der Waals surface area contributed by atoms with E-state index in [2.05, 4.69) is 20.5 Å². The zero-order valence-electron chi connectivity index (χ0n) is 10.8. The summed E-state index contributed by atoms with van der Waals surface area (Å²) in [4.78, 5) is 15.8. The van der Waals surface area contributed by atoms with Crippen LogP contribution in [0.4, 0.5) is 5.82 Å². The molecule has 2 aromatic rings. The molecule has 0 spiro atoms. The van der Waals surface area contributed by atoms with E-state index in [0.29, 0.717) is 17.3 Å². The Morgan fingerprint density at radius 3 is 2.83 bits per heavy atom. The van der Waals surface area contributed by atoms with Crippen LogP contribution in [0, 0.1) is 6.92 Å². The third kappa shape index (κ3) is 2.20. The molecule has 0 radical (unpaired) electrons. The van der Waals surface area contributed by atoms with Crippen LogP contribution in [-0.4, -0.2) is 30.5 Å². The van der Waals surface area contributed by atoms with Crippen LogP contribution < -0.4 is 11.0 Å². The Kier molecular flexibility index (Phi) is 3.06. The number of alkyl halides is 1. The second-order valence-electron chi connectivity index (χ2n) is 4.87. The first-order valence-corrected chi connectivity index (χ1v) is 6.12. The van der Waals surface area contributed by atoms with Crippen molar-refractivity contribution in [3.8, 4) is 0 Å². The number of nitrogens with one attached hydrogen (secondary N) is 2. The summed E-state index contributed by atoms with van der Waals surface area (Å²) in [5, 5.41) is 9.50.